The summed E-state index contributed by atoms with van der Waals surface area (Å²) < 4.78 is 6.51. The van der Waals surface area contributed by atoms with Crippen molar-refractivity contribution in [2.45, 2.75) is 0 Å². The Morgan fingerprint density at radius 2 is 0.776 bits per heavy atom. The highest BCUT2D eigenvalue weighted by atomic mass is 16.3. The zero-order chi connectivity index (χ0) is 38.2. The Bertz CT molecular complexity index is 3590. The van der Waals surface area contributed by atoms with Crippen LogP contribution in [0.1, 0.15) is 0 Å². The number of hydrogen-bond acceptors (Lipinski definition) is 2. The first kappa shape index (κ1) is 32.6. The molecular weight excluding hydrogens is 703 g/mol. The summed E-state index contributed by atoms with van der Waals surface area (Å²) >= 11 is 0. The predicted molar refractivity (Wildman–Crippen MR) is 247 cm³/mol. The molecule has 1 heterocycles. The Morgan fingerprint density at radius 1 is 0.259 bits per heavy atom. The van der Waals surface area contributed by atoms with E-state index >= 15 is 0 Å². The van der Waals surface area contributed by atoms with Crippen LogP contribution in [0.25, 0.3) is 98.1 Å². The van der Waals surface area contributed by atoms with Gasteiger partial charge in [0.15, 0.2) is 0 Å². The minimum absolute atomic E-state index is 0.876. The van der Waals surface area contributed by atoms with Crippen LogP contribution in [0.15, 0.2) is 217 Å². The highest BCUT2D eigenvalue weighted by Crippen LogP contribution is 2.47. The Hall–Kier alpha value is -7.68. The number of rotatable bonds is 5. The summed E-state index contributed by atoms with van der Waals surface area (Å²) in [6.45, 7) is 0. The molecule has 2 nitrogen and oxygen atoms in total. The molecule has 0 N–H and O–H groups in total. The van der Waals surface area contributed by atoms with Crippen LogP contribution in [0.5, 0.6) is 0 Å². The molecule has 11 aromatic carbocycles. The van der Waals surface area contributed by atoms with Gasteiger partial charge in [0.1, 0.15) is 11.2 Å². The Labute approximate surface area is 335 Å². The molecule has 0 saturated carbocycles. The fraction of sp³-hybridized carbons (Fsp3) is 0. The smallest absolute Gasteiger partial charge is 0.136 e. The van der Waals surface area contributed by atoms with E-state index in [1.165, 1.54) is 70.6 Å². The van der Waals surface area contributed by atoms with Crippen LogP contribution in [0.3, 0.4) is 0 Å². The SMILES string of the molecule is c1ccc(-c2cc3ccccc3c3ccccc23)c(-c2ccccc2N(c2ccc3c(ccc4ccccc43)c2)c2ccc3oc4cc5ccccc5cc4c3c2)c1. The molecule has 0 aliphatic carbocycles. The van der Waals surface area contributed by atoms with Crippen molar-refractivity contribution in [2.75, 3.05) is 4.90 Å². The van der Waals surface area contributed by atoms with Gasteiger partial charge in [-0.15, -0.1) is 0 Å². The monoisotopic (exact) mass is 737 g/mol. The van der Waals surface area contributed by atoms with Crippen molar-refractivity contribution < 1.29 is 4.42 Å². The van der Waals surface area contributed by atoms with Gasteiger partial charge in [0, 0.05) is 27.7 Å². The molecular formula is C56H35NO. The first-order valence-electron chi connectivity index (χ1n) is 19.9. The molecule has 1 aromatic heterocycles. The molecule has 12 rings (SSSR count). The normalized spacial score (nSPS) is 11.8. The number of fused-ring (bicyclic) bond motifs is 10. The molecule has 58 heavy (non-hydrogen) atoms. The molecule has 0 spiro atoms. The maximum atomic E-state index is 6.51. The summed E-state index contributed by atoms with van der Waals surface area (Å²) in [6.07, 6.45) is 0. The van der Waals surface area contributed by atoms with Crippen LogP contribution in [0.4, 0.5) is 17.1 Å². The largest absolute Gasteiger partial charge is 0.456 e. The number of benzene rings is 11. The lowest BCUT2D eigenvalue weighted by atomic mass is 9.88. The number of hydrogen-bond donors (Lipinski definition) is 0. The first-order chi connectivity index (χ1) is 28.7. The van der Waals surface area contributed by atoms with Gasteiger partial charge >= 0.3 is 0 Å². The van der Waals surface area contributed by atoms with Crippen LogP contribution in [-0.2, 0) is 0 Å². The fourth-order valence-corrected chi connectivity index (χ4v) is 9.28. The molecule has 0 bridgehead atoms. The Morgan fingerprint density at radius 3 is 1.59 bits per heavy atom. The summed E-state index contributed by atoms with van der Waals surface area (Å²) in [5.74, 6) is 0. The third kappa shape index (κ3) is 5.12. The average molecular weight is 738 g/mol. The van der Waals surface area contributed by atoms with Gasteiger partial charge in [-0.2, -0.15) is 0 Å². The number of nitrogens with zero attached hydrogens (tertiary/aromatic N) is 1. The van der Waals surface area contributed by atoms with Crippen molar-refractivity contribution in [1.29, 1.82) is 0 Å². The van der Waals surface area contributed by atoms with Crippen molar-refractivity contribution in [3.05, 3.63) is 212 Å². The first-order valence-corrected chi connectivity index (χ1v) is 19.9. The van der Waals surface area contributed by atoms with Crippen molar-refractivity contribution in [1.82, 2.24) is 0 Å². The number of anilines is 3. The summed E-state index contributed by atoms with van der Waals surface area (Å²) in [5, 5.41) is 14.5. The van der Waals surface area contributed by atoms with E-state index in [0.29, 0.717) is 0 Å². The average Bonchev–Trinajstić information content (AvgIpc) is 3.64. The van der Waals surface area contributed by atoms with Crippen LogP contribution in [0.2, 0.25) is 0 Å². The highest BCUT2D eigenvalue weighted by molar-refractivity contribution is 6.16. The molecule has 270 valence electrons. The van der Waals surface area contributed by atoms with Gasteiger partial charge in [-0.3, -0.25) is 0 Å². The quantitative estimate of drug-likeness (QED) is 0.164. The van der Waals surface area contributed by atoms with E-state index in [0.717, 1.165) is 44.6 Å². The van der Waals surface area contributed by atoms with Crippen LogP contribution in [0, 0.1) is 0 Å². The molecule has 0 fully saturated rings. The summed E-state index contributed by atoms with van der Waals surface area (Å²) in [5.41, 5.74) is 9.76. The molecule has 0 unspecified atom stereocenters. The van der Waals surface area contributed by atoms with Gasteiger partial charge in [-0.05, 0) is 125 Å². The van der Waals surface area contributed by atoms with Crippen LogP contribution < -0.4 is 4.90 Å². The van der Waals surface area contributed by atoms with Gasteiger partial charge in [-0.1, -0.05) is 158 Å². The second-order valence-corrected chi connectivity index (χ2v) is 15.3. The van der Waals surface area contributed by atoms with Crippen molar-refractivity contribution >= 4 is 92.9 Å². The van der Waals surface area contributed by atoms with Gasteiger partial charge in [0.05, 0.1) is 5.69 Å². The van der Waals surface area contributed by atoms with E-state index in [9.17, 15) is 0 Å². The van der Waals surface area contributed by atoms with Crippen molar-refractivity contribution in [3.63, 3.8) is 0 Å². The minimum Gasteiger partial charge on any atom is -0.456 e. The second kappa shape index (κ2) is 12.9. The van der Waals surface area contributed by atoms with E-state index in [1.807, 2.05) is 0 Å². The van der Waals surface area contributed by atoms with Gasteiger partial charge in [0.25, 0.3) is 0 Å². The molecule has 0 aliphatic heterocycles. The second-order valence-electron chi connectivity index (χ2n) is 15.3. The summed E-state index contributed by atoms with van der Waals surface area (Å²) in [4.78, 5) is 2.43. The molecule has 0 atom stereocenters. The maximum absolute atomic E-state index is 6.51. The lowest BCUT2D eigenvalue weighted by Crippen LogP contribution is -2.11. The van der Waals surface area contributed by atoms with E-state index in [2.05, 4.69) is 217 Å². The van der Waals surface area contributed by atoms with Gasteiger partial charge in [-0.25, -0.2) is 0 Å². The van der Waals surface area contributed by atoms with Gasteiger partial charge in [0.2, 0.25) is 0 Å². The van der Waals surface area contributed by atoms with Crippen molar-refractivity contribution in [3.8, 4) is 22.3 Å². The van der Waals surface area contributed by atoms with Crippen molar-refractivity contribution in [2.24, 2.45) is 0 Å². The molecule has 0 radical (unpaired) electrons. The predicted octanol–water partition coefficient (Wildman–Crippen LogP) is 16.2. The zero-order valence-electron chi connectivity index (χ0n) is 31.6. The lowest BCUT2D eigenvalue weighted by Gasteiger charge is -2.29. The molecule has 0 aliphatic rings. The molecule has 0 saturated heterocycles. The third-order valence-electron chi connectivity index (χ3n) is 12.0. The molecule has 12 aromatic rings. The third-order valence-corrected chi connectivity index (χ3v) is 12.0. The standard InChI is InChI=1S/C56H35NO/c1-2-15-38-34-56-52(32-37(38)14-1)53-35-42(28-30-55(53)58-56)57(41-27-29-45-40(31-41)26-25-36-13-3-5-17-43(36)45)54-24-12-11-23-50(54)47-20-8-10-22-49(47)51-33-39-16-4-6-18-44(39)46-19-7-9-21-48(46)51/h1-35H. The van der Waals surface area contributed by atoms with E-state index < -0.39 is 0 Å². The van der Waals surface area contributed by atoms with Crippen LogP contribution >= 0.6 is 0 Å². The summed E-state index contributed by atoms with van der Waals surface area (Å²) in [7, 11) is 0. The lowest BCUT2D eigenvalue weighted by molar-refractivity contribution is 0.669. The molecule has 2 heteroatoms. The van der Waals surface area contributed by atoms with E-state index in [4.69, 9.17) is 4.42 Å². The van der Waals surface area contributed by atoms with Gasteiger partial charge < -0.3 is 9.32 Å². The molecule has 0 amide bonds. The van der Waals surface area contributed by atoms with E-state index in [-0.39, 0.29) is 0 Å². The highest BCUT2D eigenvalue weighted by Gasteiger charge is 2.22. The minimum atomic E-state index is 0.876. The topological polar surface area (TPSA) is 16.4 Å². The Balaban J connectivity index is 1.11. The fourth-order valence-electron chi connectivity index (χ4n) is 9.28. The maximum Gasteiger partial charge on any atom is 0.136 e. The Kier molecular flexibility index (Phi) is 7.26. The van der Waals surface area contributed by atoms with Crippen LogP contribution in [-0.4, -0.2) is 0 Å². The number of para-hydroxylation sites is 1. The number of furan rings is 1. The zero-order valence-corrected chi connectivity index (χ0v) is 31.6. The summed E-state index contributed by atoms with van der Waals surface area (Å²) in [6, 6.07) is 77.3. The van der Waals surface area contributed by atoms with E-state index in [1.54, 1.807) is 0 Å².